The summed E-state index contributed by atoms with van der Waals surface area (Å²) in [5.41, 5.74) is 2.90. The second-order valence-electron chi connectivity index (χ2n) is 12.1. The Kier molecular flexibility index (Phi) is 10.7. The molecule has 2 heterocycles. The van der Waals surface area contributed by atoms with Crippen molar-refractivity contribution in [3.63, 3.8) is 0 Å². The van der Waals surface area contributed by atoms with Crippen LogP contribution in [0.25, 0.3) is 22.0 Å². The van der Waals surface area contributed by atoms with Crippen molar-refractivity contribution in [1.29, 1.82) is 0 Å². The molecule has 6 rings (SSSR count). The molecule has 1 amide bonds. The third-order valence-electron chi connectivity index (χ3n) is 8.68. The highest BCUT2D eigenvalue weighted by atomic mass is 32.2. The maximum Gasteiger partial charge on any atom is 0.416 e. The van der Waals surface area contributed by atoms with Crippen LogP contribution in [0, 0.1) is 11.6 Å². The molecule has 0 aliphatic heterocycles. The predicted molar refractivity (Wildman–Crippen MR) is 188 cm³/mol. The van der Waals surface area contributed by atoms with Crippen molar-refractivity contribution in [3.8, 4) is 11.1 Å². The van der Waals surface area contributed by atoms with Crippen LogP contribution >= 0.6 is 11.8 Å². The first-order chi connectivity index (χ1) is 24.5. The summed E-state index contributed by atoms with van der Waals surface area (Å²) in [6.07, 6.45) is 0.389. The van der Waals surface area contributed by atoms with Gasteiger partial charge in [0.25, 0.3) is 0 Å². The smallest absolute Gasteiger partial charge is 0.338 e. The lowest BCUT2D eigenvalue weighted by molar-refractivity contribution is -0.137. The van der Waals surface area contributed by atoms with Crippen LogP contribution in [0.4, 0.5) is 22.0 Å². The second kappa shape index (κ2) is 15.3. The van der Waals surface area contributed by atoms with Crippen molar-refractivity contribution in [1.82, 2.24) is 19.0 Å². The Morgan fingerprint density at radius 1 is 0.902 bits per heavy atom. The Morgan fingerprint density at radius 3 is 2.29 bits per heavy atom. The summed E-state index contributed by atoms with van der Waals surface area (Å²) in [4.78, 5) is 33.2. The van der Waals surface area contributed by atoms with Crippen molar-refractivity contribution in [2.45, 2.75) is 42.9 Å². The summed E-state index contributed by atoms with van der Waals surface area (Å²) in [7, 11) is 1.90. The van der Waals surface area contributed by atoms with E-state index in [4.69, 9.17) is 0 Å². The van der Waals surface area contributed by atoms with Gasteiger partial charge in [-0.2, -0.15) is 13.2 Å². The number of rotatable bonds is 12. The minimum Gasteiger partial charge on any atom is -0.338 e. The van der Waals surface area contributed by atoms with Crippen LogP contribution in [0.15, 0.2) is 119 Å². The molecule has 0 radical (unpaired) electrons. The fourth-order valence-electron chi connectivity index (χ4n) is 5.88. The molecule has 0 fully saturated rings. The van der Waals surface area contributed by atoms with E-state index in [2.05, 4.69) is 4.98 Å². The molecule has 0 saturated heterocycles. The van der Waals surface area contributed by atoms with E-state index in [0.717, 1.165) is 46.8 Å². The Bertz CT molecular complexity index is 2210. The van der Waals surface area contributed by atoms with E-state index < -0.39 is 23.4 Å². The Balaban J connectivity index is 1.27. The van der Waals surface area contributed by atoms with Gasteiger partial charge in [0.2, 0.25) is 5.91 Å². The maximum absolute atomic E-state index is 14.5. The van der Waals surface area contributed by atoms with E-state index >= 15 is 0 Å². The molecule has 2 aromatic heterocycles. The monoisotopic (exact) mass is 716 g/mol. The van der Waals surface area contributed by atoms with Gasteiger partial charge in [0.1, 0.15) is 6.54 Å². The molecule has 0 spiro atoms. The van der Waals surface area contributed by atoms with Crippen molar-refractivity contribution in [2.24, 2.45) is 7.05 Å². The van der Waals surface area contributed by atoms with Crippen LogP contribution in [0.5, 0.6) is 0 Å². The molecular formula is C39H33F5N4O2S. The number of thioether (sulfide) groups is 1. The first-order valence-corrected chi connectivity index (χ1v) is 17.1. The maximum atomic E-state index is 14.5. The van der Waals surface area contributed by atoms with Gasteiger partial charge in [0.05, 0.1) is 22.4 Å². The number of hydrogen-bond donors (Lipinski definition) is 0. The van der Waals surface area contributed by atoms with Gasteiger partial charge < -0.3 is 14.0 Å². The van der Waals surface area contributed by atoms with Gasteiger partial charge >= 0.3 is 6.18 Å². The fraction of sp³-hybridized carbons (Fsp3) is 0.205. The van der Waals surface area contributed by atoms with Crippen molar-refractivity contribution in [2.75, 3.05) is 6.54 Å². The van der Waals surface area contributed by atoms with Crippen molar-refractivity contribution in [3.05, 3.63) is 154 Å². The number of amides is 1. The molecule has 0 atom stereocenters. The third-order valence-corrected chi connectivity index (χ3v) is 9.77. The number of carbonyl (C=O) groups is 1. The fourth-order valence-corrected chi connectivity index (χ4v) is 6.91. The summed E-state index contributed by atoms with van der Waals surface area (Å²) >= 11 is 1.14. The zero-order valence-electron chi connectivity index (χ0n) is 27.5. The van der Waals surface area contributed by atoms with E-state index in [-0.39, 0.29) is 35.7 Å². The zero-order valence-corrected chi connectivity index (χ0v) is 28.4. The molecule has 12 heteroatoms. The molecule has 0 aliphatic rings. The molecule has 6 nitrogen and oxygen atoms in total. The zero-order chi connectivity index (χ0) is 36.1. The summed E-state index contributed by atoms with van der Waals surface area (Å²) < 4.78 is 71.3. The number of pyridine rings is 1. The van der Waals surface area contributed by atoms with E-state index in [0.29, 0.717) is 40.9 Å². The molecule has 0 saturated carbocycles. The van der Waals surface area contributed by atoms with E-state index in [1.165, 1.54) is 30.3 Å². The van der Waals surface area contributed by atoms with Gasteiger partial charge in [0.15, 0.2) is 17.1 Å². The van der Waals surface area contributed by atoms with Gasteiger partial charge in [-0.3, -0.25) is 9.59 Å². The standard InChI is InChI=1S/C39H33F5N4O2S/c1-46-25-45-21-31(46)7-5-19-47(22-26-11-13-27(14-12-26)28-15-17-30(18-16-28)39(42,43)44)36(50)23-48-34-10-3-2-8-32(34)35(49)20-37(48)51-24-29-6-4-9-33(40)38(29)41/h2-4,6,8-18,20-21,25H,5,7,19,22-24H2,1H3. The van der Waals surface area contributed by atoms with Crippen LogP contribution in [-0.4, -0.2) is 31.5 Å². The van der Waals surface area contributed by atoms with Crippen molar-refractivity contribution >= 4 is 28.6 Å². The number of aryl methyl sites for hydroxylation is 2. The van der Waals surface area contributed by atoms with Crippen LogP contribution in [0.1, 0.15) is 28.8 Å². The number of carbonyl (C=O) groups excluding carboxylic acids is 1. The number of para-hydroxylation sites is 1. The lowest BCUT2D eigenvalue weighted by Gasteiger charge is -2.25. The van der Waals surface area contributed by atoms with Gasteiger partial charge in [-0.15, -0.1) is 11.8 Å². The number of hydrogen-bond acceptors (Lipinski definition) is 4. The highest BCUT2D eigenvalue weighted by Crippen LogP contribution is 2.31. The highest BCUT2D eigenvalue weighted by molar-refractivity contribution is 7.98. The number of aromatic nitrogens is 3. The first kappa shape index (κ1) is 35.6. The van der Waals surface area contributed by atoms with Crippen LogP contribution in [0.3, 0.4) is 0 Å². The quantitative estimate of drug-likeness (QED) is 0.0940. The molecule has 0 N–H and O–H groups in total. The summed E-state index contributed by atoms with van der Waals surface area (Å²) in [6.45, 7) is 0.538. The average molecular weight is 717 g/mol. The Hall–Kier alpha value is -5.23. The van der Waals surface area contributed by atoms with Crippen LogP contribution < -0.4 is 5.43 Å². The molecule has 6 aromatic rings. The molecule has 0 unspecified atom stereocenters. The molecule has 51 heavy (non-hydrogen) atoms. The number of benzene rings is 4. The SMILES string of the molecule is Cn1cncc1CCCN(Cc1ccc(-c2ccc(C(F)(F)F)cc2)cc1)C(=O)Cn1c(SCc2cccc(F)c2F)cc(=O)c2ccccc21. The summed E-state index contributed by atoms with van der Waals surface area (Å²) in [6, 6.07) is 24.6. The lowest BCUT2D eigenvalue weighted by atomic mass is 10.0. The van der Waals surface area contributed by atoms with Crippen LogP contribution in [-0.2, 0) is 43.3 Å². The number of alkyl halides is 3. The number of halogens is 5. The van der Waals surface area contributed by atoms with Crippen molar-refractivity contribution < 1.29 is 26.7 Å². The molecule has 262 valence electrons. The third kappa shape index (κ3) is 8.39. The van der Waals surface area contributed by atoms with Gasteiger partial charge in [-0.25, -0.2) is 13.8 Å². The van der Waals surface area contributed by atoms with Gasteiger partial charge in [-0.05, 0) is 59.9 Å². The normalized spacial score (nSPS) is 11.6. The first-order valence-electron chi connectivity index (χ1n) is 16.2. The predicted octanol–water partition coefficient (Wildman–Crippen LogP) is 8.65. The van der Waals surface area contributed by atoms with E-state index in [1.807, 2.05) is 35.9 Å². The number of nitrogens with zero attached hydrogens (tertiary/aromatic N) is 4. The number of imidazole rings is 1. The topological polar surface area (TPSA) is 60.1 Å². The minimum absolute atomic E-state index is 0.0370. The van der Waals surface area contributed by atoms with E-state index in [1.54, 1.807) is 46.3 Å². The van der Waals surface area contributed by atoms with E-state index in [9.17, 15) is 31.5 Å². The Morgan fingerprint density at radius 2 is 1.61 bits per heavy atom. The highest BCUT2D eigenvalue weighted by Gasteiger charge is 2.30. The average Bonchev–Trinajstić information content (AvgIpc) is 3.53. The minimum atomic E-state index is -4.42. The van der Waals surface area contributed by atoms with Gasteiger partial charge in [-0.1, -0.05) is 60.7 Å². The summed E-state index contributed by atoms with van der Waals surface area (Å²) in [5.74, 6) is -2.11. The number of fused-ring (bicyclic) bond motifs is 1. The second-order valence-corrected chi connectivity index (χ2v) is 13.1. The molecule has 4 aromatic carbocycles. The van der Waals surface area contributed by atoms with Gasteiger partial charge in [0, 0.05) is 54.8 Å². The lowest BCUT2D eigenvalue weighted by Crippen LogP contribution is -2.35. The molecule has 0 aliphatic carbocycles. The molecule has 0 bridgehead atoms. The molecular weight excluding hydrogens is 684 g/mol. The largest absolute Gasteiger partial charge is 0.416 e. The summed E-state index contributed by atoms with van der Waals surface area (Å²) in [5, 5.41) is 0.861. The Labute approximate surface area is 295 Å². The van der Waals surface area contributed by atoms with Crippen LogP contribution in [0.2, 0.25) is 0 Å².